The number of hydrogen-bond donors (Lipinski definition) is 0. The zero-order valence-corrected chi connectivity index (χ0v) is 17.3. The standard InChI is InChI=1S/C24H33N3O/c1-20(2)25-14-16-27(17-15-25)23-18-22(26-12-6-7-13-26)10-11-24(23)28-19-21-8-4-3-5-9-21/h3-5,8-11,18,20H,6-7,12-17,19H2,1-2H3. The summed E-state index contributed by atoms with van der Waals surface area (Å²) in [7, 11) is 0. The van der Waals surface area contributed by atoms with Gasteiger partial charge in [-0.05, 0) is 50.5 Å². The Morgan fingerprint density at radius 3 is 2.21 bits per heavy atom. The van der Waals surface area contributed by atoms with Gasteiger partial charge in [0.2, 0.25) is 0 Å². The lowest BCUT2D eigenvalue weighted by atomic mass is 10.1. The zero-order chi connectivity index (χ0) is 19.3. The molecule has 4 heteroatoms. The number of rotatable bonds is 6. The highest BCUT2D eigenvalue weighted by Crippen LogP contribution is 2.35. The Hall–Kier alpha value is -2.20. The number of anilines is 2. The van der Waals surface area contributed by atoms with Crippen molar-refractivity contribution in [1.82, 2.24) is 4.90 Å². The van der Waals surface area contributed by atoms with E-state index in [9.17, 15) is 0 Å². The van der Waals surface area contributed by atoms with Crippen molar-refractivity contribution < 1.29 is 4.74 Å². The van der Waals surface area contributed by atoms with E-state index in [4.69, 9.17) is 4.74 Å². The Morgan fingerprint density at radius 2 is 1.54 bits per heavy atom. The van der Waals surface area contributed by atoms with Gasteiger partial charge in [-0.3, -0.25) is 4.90 Å². The first-order valence-corrected chi connectivity index (χ1v) is 10.8. The van der Waals surface area contributed by atoms with Crippen LogP contribution in [-0.4, -0.2) is 50.2 Å². The first-order chi connectivity index (χ1) is 13.7. The third-order valence-corrected chi connectivity index (χ3v) is 6.04. The summed E-state index contributed by atoms with van der Waals surface area (Å²) in [4.78, 5) is 7.58. The van der Waals surface area contributed by atoms with Crippen molar-refractivity contribution in [2.75, 3.05) is 49.1 Å². The highest BCUT2D eigenvalue weighted by Gasteiger charge is 2.23. The molecule has 2 aromatic rings. The molecule has 2 heterocycles. The molecular formula is C24H33N3O. The van der Waals surface area contributed by atoms with E-state index in [-0.39, 0.29) is 0 Å². The summed E-state index contributed by atoms with van der Waals surface area (Å²) in [6.07, 6.45) is 2.60. The van der Waals surface area contributed by atoms with E-state index >= 15 is 0 Å². The second-order valence-corrected chi connectivity index (χ2v) is 8.24. The minimum atomic E-state index is 0.614. The fraction of sp³-hybridized carbons (Fsp3) is 0.500. The molecule has 4 rings (SSSR count). The molecule has 2 aliphatic rings. The maximum absolute atomic E-state index is 6.29. The average Bonchev–Trinajstić information content (AvgIpc) is 3.28. The van der Waals surface area contributed by atoms with Gasteiger partial charge in [-0.1, -0.05) is 30.3 Å². The minimum Gasteiger partial charge on any atom is -0.487 e. The summed E-state index contributed by atoms with van der Waals surface area (Å²) in [6, 6.07) is 17.8. The van der Waals surface area contributed by atoms with Gasteiger partial charge in [0.25, 0.3) is 0 Å². The van der Waals surface area contributed by atoms with Gasteiger partial charge in [-0.2, -0.15) is 0 Å². The van der Waals surface area contributed by atoms with Crippen LogP contribution in [0, 0.1) is 0 Å². The Bertz CT molecular complexity index is 748. The molecule has 2 aromatic carbocycles. The quantitative estimate of drug-likeness (QED) is 0.741. The van der Waals surface area contributed by atoms with E-state index in [2.05, 4.69) is 71.0 Å². The molecule has 0 N–H and O–H groups in total. The molecule has 150 valence electrons. The number of benzene rings is 2. The molecule has 2 saturated heterocycles. The molecule has 0 unspecified atom stereocenters. The van der Waals surface area contributed by atoms with Crippen molar-refractivity contribution in [3.05, 3.63) is 54.1 Å². The van der Waals surface area contributed by atoms with Crippen LogP contribution in [0.4, 0.5) is 11.4 Å². The lowest BCUT2D eigenvalue weighted by molar-refractivity contribution is 0.208. The topological polar surface area (TPSA) is 19.0 Å². The number of hydrogen-bond acceptors (Lipinski definition) is 4. The summed E-state index contributed by atoms with van der Waals surface area (Å²) in [5.41, 5.74) is 3.80. The largest absolute Gasteiger partial charge is 0.487 e. The molecule has 0 saturated carbocycles. The van der Waals surface area contributed by atoms with Gasteiger partial charge in [0.05, 0.1) is 5.69 Å². The van der Waals surface area contributed by atoms with Gasteiger partial charge in [0.15, 0.2) is 0 Å². The third-order valence-electron chi connectivity index (χ3n) is 6.04. The van der Waals surface area contributed by atoms with Crippen LogP contribution in [0.2, 0.25) is 0 Å². The molecule has 0 aliphatic carbocycles. The van der Waals surface area contributed by atoms with Crippen molar-refractivity contribution in [2.24, 2.45) is 0 Å². The number of piperazine rings is 1. The van der Waals surface area contributed by atoms with E-state index in [1.54, 1.807) is 0 Å². The van der Waals surface area contributed by atoms with Gasteiger partial charge in [0, 0.05) is 51.0 Å². The normalized spacial score (nSPS) is 18.1. The van der Waals surface area contributed by atoms with Crippen LogP contribution in [0.5, 0.6) is 5.75 Å². The summed E-state index contributed by atoms with van der Waals surface area (Å²) in [5.74, 6) is 1.00. The van der Waals surface area contributed by atoms with E-state index in [1.807, 2.05) is 6.07 Å². The van der Waals surface area contributed by atoms with Crippen molar-refractivity contribution in [3.8, 4) is 5.75 Å². The van der Waals surface area contributed by atoms with Gasteiger partial charge < -0.3 is 14.5 Å². The van der Waals surface area contributed by atoms with Gasteiger partial charge in [-0.15, -0.1) is 0 Å². The second kappa shape index (κ2) is 8.87. The predicted molar refractivity (Wildman–Crippen MR) is 118 cm³/mol. The van der Waals surface area contributed by atoms with E-state index in [0.29, 0.717) is 12.6 Å². The van der Waals surface area contributed by atoms with E-state index in [1.165, 1.54) is 42.9 Å². The monoisotopic (exact) mass is 379 g/mol. The summed E-state index contributed by atoms with van der Waals surface area (Å²) >= 11 is 0. The SMILES string of the molecule is CC(C)N1CCN(c2cc(N3CCCC3)ccc2OCc2ccccc2)CC1. The Balaban J connectivity index is 1.54. The fourth-order valence-electron chi connectivity index (χ4n) is 4.26. The van der Waals surface area contributed by atoms with Crippen molar-refractivity contribution >= 4 is 11.4 Å². The van der Waals surface area contributed by atoms with Crippen LogP contribution < -0.4 is 14.5 Å². The molecule has 0 amide bonds. The predicted octanol–water partition coefficient (Wildman–Crippen LogP) is 4.40. The molecule has 0 bridgehead atoms. The van der Waals surface area contributed by atoms with Crippen LogP contribution in [0.3, 0.4) is 0 Å². The first kappa shape index (κ1) is 19.1. The molecule has 2 aliphatic heterocycles. The Kier molecular flexibility index (Phi) is 6.06. The zero-order valence-electron chi connectivity index (χ0n) is 17.3. The summed E-state index contributed by atoms with van der Waals surface area (Å²) < 4.78 is 6.29. The van der Waals surface area contributed by atoms with Crippen LogP contribution in [-0.2, 0) is 6.61 Å². The van der Waals surface area contributed by atoms with Crippen molar-refractivity contribution in [3.63, 3.8) is 0 Å². The lowest BCUT2D eigenvalue weighted by Crippen LogP contribution is -2.49. The molecule has 2 fully saturated rings. The van der Waals surface area contributed by atoms with Crippen LogP contribution in [0.25, 0.3) is 0 Å². The molecule has 4 nitrogen and oxygen atoms in total. The number of ether oxygens (including phenoxy) is 1. The molecular weight excluding hydrogens is 346 g/mol. The van der Waals surface area contributed by atoms with E-state index in [0.717, 1.165) is 31.9 Å². The van der Waals surface area contributed by atoms with Gasteiger partial charge in [-0.25, -0.2) is 0 Å². The molecule has 0 radical (unpaired) electrons. The summed E-state index contributed by atoms with van der Waals surface area (Å²) in [5, 5.41) is 0. The maximum atomic E-state index is 6.29. The van der Waals surface area contributed by atoms with E-state index < -0.39 is 0 Å². The van der Waals surface area contributed by atoms with Crippen LogP contribution in [0.15, 0.2) is 48.5 Å². The highest BCUT2D eigenvalue weighted by atomic mass is 16.5. The Labute approximate surface area is 169 Å². The summed E-state index contributed by atoms with van der Waals surface area (Å²) in [6.45, 7) is 11.9. The van der Waals surface area contributed by atoms with Crippen molar-refractivity contribution in [1.29, 1.82) is 0 Å². The fourth-order valence-corrected chi connectivity index (χ4v) is 4.26. The molecule has 0 atom stereocenters. The molecule has 0 spiro atoms. The maximum Gasteiger partial charge on any atom is 0.143 e. The second-order valence-electron chi connectivity index (χ2n) is 8.24. The minimum absolute atomic E-state index is 0.614. The van der Waals surface area contributed by atoms with Gasteiger partial charge >= 0.3 is 0 Å². The lowest BCUT2D eigenvalue weighted by Gasteiger charge is -2.39. The average molecular weight is 380 g/mol. The molecule has 0 aromatic heterocycles. The molecule has 28 heavy (non-hydrogen) atoms. The van der Waals surface area contributed by atoms with Crippen LogP contribution >= 0.6 is 0 Å². The van der Waals surface area contributed by atoms with Crippen LogP contribution in [0.1, 0.15) is 32.3 Å². The Morgan fingerprint density at radius 1 is 0.821 bits per heavy atom. The smallest absolute Gasteiger partial charge is 0.143 e. The number of nitrogens with zero attached hydrogens (tertiary/aromatic N) is 3. The van der Waals surface area contributed by atoms with Crippen molar-refractivity contribution in [2.45, 2.75) is 39.3 Å². The third kappa shape index (κ3) is 4.44. The first-order valence-electron chi connectivity index (χ1n) is 10.8. The highest BCUT2D eigenvalue weighted by molar-refractivity contribution is 5.67. The van der Waals surface area contributed by atoms with Gasteiger partial charge in [0.1, 0.15) is 12.4 Å².